The molecule has 130 valence electrons. The molecule has 1 atom stereocenters. The number of carbonyl (C=O) groups is 1. The van der Waals surface area contributed by atoms with Gasteiger partial charge in [0.2, 0.25) is 0 Å². The lowest BCUT2D eigenvalue weighted by molar-refractivity contribution is 0.0949. The SMILES string of the molecule is Cc1n[nH]c(C)c1CCNC(=O)c1cn(C[C@@H]2CCCNC2)nn1. The van der Waals surface area contributed by atoms with Crippen molar-refractivity contribution < 1.29 is 4.79 Å². The zero-order valence-electron chi connectivity index (χ0n) is 14.3. The van der Waals surface area contributed by atoms with Gasteiger partial charge in [0.15, 0.2) is 5.69 Å². The van der Waals surface area contributed by atoms with Gasteiger partial charge in [0.05, 0.1) is 11.9 Å². The fraction of sp³-hybridized carbons (Fsp3) is 0.625. The van der Waals surface area contributed by atoms with Crippen molar-refractivity contribution in [3.63, 3.8) is 0 Å². The van der Waals surface area contributed by atoms with E-state index < -0.39 is 0 Å². The lowest BCUT2D eigenvalue weighted by Crippen LogP contribution is -2.32. The highest BCUT2D eigenvalue weighted by atomic mass is 16.2. The summed E-state index contributed by atoms with van der Waals surface area (Å²) in [6, 6.07) is 0. The number of aryl methyl sites for hydroxylation is 2. The number of rotatable bonds is 6. The van der Waals surface area contributed by atoms with Crippen molar-refractivity contribution in [2.45, 2.75) is 39.7 Å². The molecule has 2 aromatic rings. The molecule has 1 amide bonds. The second-order valence-corrected chi connectivity index (χ2v) is 6.46. The van der Waals surface area contributed by atoms with Crippen LogP contribution in [0.25, 0.3) is 0 Å². The number of hydrogen-bond acceptors (Lipinski definition) is 5. The van der Waals surface area contributed by atoms with E-state index in [2.05, 4.69) is 31.1 Å². The Morgan fingerprint density at radius 3 is 3.04 bits per heavy atom. The van der Waals surface area contributed by atoms with Crippen LogP contribution in [0.3, 0.4) is 0 Å². The smallest absolute Gasteiger partial charge is 0.273 e. The molecule has 0 saturated carbocycles. The molecule has 24 heavy (non-hydrogen) atoms. The standard InChI is InChI=1S/C16H25N7O/c1-11-14(12(2)20-19-11)5-7-18-16(24)15-10-23(22-21-15)9-13-4-3-6-17-8-13/h10,13,17H,3-9H2,1-2H3,(H,18,24)(H,19,20)/t13-/m1/s1. The molecule has 0 radical (unpaired) electrons. The zero-order valence-corrected chi connectivity index (χ0v) is 14.3. The maximum Gasteiger partial charge on any atom is 0.273 e. The Labute approximate surface area is 141 Å². The van der Waals surface area contributed by atoms with Gasteiger partial charge in [-0.3, -0.25) is 14.6 Å². The fourth-order valence-electron chi connectivity index (χ4n) is 3.17. The molecule has 0 aliphatic carbocycles. The van der Waals surface area contributed by atoms with E-state index in [1.165, 1.54) is 12.8 Å². The van der Waals surface area contributed by atoms with Crippen LogP contribution in [0.5, 0.6) is 0 Å². The van der Waals surface area contributed by atoms with Crippen molar-refractivity contribution in [3.8, 4) is 0 Å². The molecule has 0 aromatic carbocycles. The number of piperidine rings is 1. The number of aromatic amines is 1. The lowest BCUT2D eigenvalue weighted by atomic mass is 10.00. The third-order valence-electron chi connectivity index (χ3n) is 4.56. The summed E-state index contributed by atoms with van der Waals surface area (Å²) in [4.78, 5) is 12.2. The van der Waals surface area contributed by atoms with E-state index in [0.717, 1.165) is 43.0 Å². The van der Waals surface area contributed by atoms with Gasteiger partial charge in [-0.1, -0.05) is 5.21 Å². The van der Waals surface area contributed by atoms with Crippen LogP contribution in [-0.2, 0) is 13.0 Å². The van der Waals surface area contributed by atoms with E-state index in [-0.39, 0.29) is 5.91 Å². The zero-order chi connectivity index (χ0) is 16.9. The Morgan fingerprint density at radius 2 is 2.33 bits per heavy atom. The summed E-state index contributed by atoms with van der Waals surface area (Å²) in [5.74, 6) is 0.380. The first-order chi connectivity index (χ1) is 11.6. The first kappa shape index (κ1) is 16.6. The van der Waals surface area contributed by atoms with Gasteiger partial charge in [-0.2, -0.15) is 5.10 Å². The van der Waals surface area contributed by atoms with Crippen molar-refractivity contribution in [1.82, 2.24) is 35.8 Å². The van der Waals surface area contributed by atoms with Gasteiger partial charge in [0.25, 0.3) is 5.91 Å². The lowest BCUT2D eigenvalue weighted by Gasteiger charge is -2.22. The Kier molecular flexibility index (Phi) is 5.24. The van der Waals surface area contributed by atoms with Crippen LogP contribution in [0, 0.1) is 19.8 Å². The Morgan fingerprint density at radius 1 is 1.46 bits per heavy atom. The largest absolute Gasteiger partial charge is 0.350 e. The molecule has 0 spiro atoms. The third kappa shape index (κ3) is 4.00. The van der Waals surface area contributed by atoms with Gasteiger partial charge in [-0.05, 0) is 57.7 Å². The Hall–Kier alpha value is -2.22. The second kappa shape index (κ2) is 7.57. The van der Waals surface area contributed by atoms with Gasteiger partial charge >= 0.3 is 0 Å². The highest BCUT2D eigenvalue weighted by molar-refractivity contribution is 5.91. The molecular weight excluding hydrogens is 306 g/mol. The molecule has 0 unspecified atom stereocenters. The third-order valence-corrected chi connectivity index (χ3v) is 4.56. The minimum atomic E-state index is -0.179. The number of H-pyrrole nitrogens is 1. The van der Waals surface area contributed by atoms with Crippen molar-refractivity contribution in [3.05, 3.63) is 28.8 Å². The van der Waals surface area contributed by atoms with Crippen molar-refractivity contribution >= 4 is 5.91 Å². The molecule has 2 aromatic heterocycles. The fourth-order valence-corrected chi connectivity index (χ4v) is 3.17. The second-order valence-electron chi connectivity index (χ2n) is 6.46. The topological polar surface area (TPSA) is 101 Å². The van der Waals surface area contributed by atoms with Crippen molar-refractivity contribution in [2.24, 2.45) is 5.92 Å². The number of nitrogens with zero attached hydrogens (tertiary/aromatic N) is 4. The van der Waals surface area contributed by atoms with Crippen molar-refractivity contribution in [1.29, 1.82) is 0 Å². The summed E-state index contributed by atoms with van der Waals surface area (Å²) < 4.78 is 1.77. The number of hydrogen-bond donors (Lipinski definition) is 3. The molecule has 1 aliphatic heterocycles. The van der Waals surface area contributed by atoms with E-state index in [4.69, 9.17) is 0 Å². The molecule has 1 fully saturated rings. The Balaban J connectivity index is 1.48. The van der Waals surface area contributed by atoms with Gasteiger partial charge in [-0.25, -0.2) is 0 Å². The summed E-state index contributed by atoms with van der Waals surface area (Å²) in [5.41, 5.74) is 3.56. The monoisotopic (exact) mass is 331 g/mol. The molecule has 3 N–H and O–H groups in total. The number of carbonyl (C=O) groups excluding carboxylic acids is 1. The molecule has 1 saturated heterocycles. The number of aromatic nitrogens is 5. The first-order valence-electron chi connectivity index (χ1n) is 8.53. The van der Waals surface area contributed by atoms with E-state index >= 15 is 0 Å². The van der Waals surface area contributed by atoms with Crippen molar-refractivity contribution in [2.75, 3.05) is 19.6 Å². The normalized spacial score (nSPS) is 17.8. The average molecular weight is 331 g/mol. The maximum atomic E-state index is 12.2. The van der Waals surface area contributed by atoms with Gasteiger partial charge < -0.3 is 10.6 Å². The van der Waals surface area contributed by atoms with Crippen LogP contribution in [0.1, 0.15) is 40.3 Å². The molecule has 3 rings (SSSR count). The predicted molar refractivity (Wildman–Crippen MR) is 89.7 cm³/mol. The average Bonchev–Trinajstić information content (AvgIpc) is 3.17. The quantitative estimate of drug-likeness (QED) is 0.719. The van der Waals surface area contributed by atoms with Crippen LogP contribution >= 0.6 is 0 Å². The molecule has 8 heteroatoms. The molecule has 1 aliphatic rings. The van der Waals surface area contributed by atoms with E-state index in [1.54, 1.807) is 10.9 Å². The Bertz CT molecular complexity index is 665. The highest BCUT2D eigenvalue weighted by Gasteiger charge is 2.16. The summed E-state index contributed by atoms with van der Waals surface area (Å²) in [6.07, 6.45) is 4.87. The van der Waals surface area contributed by atoms with Crippen LogP contribution in [-0.4, -0.2) is 50.7 Å². The number of amides is 1. The van der Waals surface area contributed by atoms with Gasteiger partial charge in [-0.15, -0.1) is 5.10 Å². The van der Waals surface area contributed by atoms with Crippen LogP contribution in [0.2, 0.25) is 0 Å². The van der Waals surface area contributed by atoms with E-state index in [0.29, 0.717) is 18.2 Å². The van der Waals surface area contributed by atoms with Crippen LogP contribution < -0.4 is 10.6 Å². The molecule has 0 bridgehead atoms. The first-order valence-corrected chi connectivity index (χ1v) is 8.53. The summed E-state index contributed by atoms with van der Waals surface area (Å²) in [7, 11) is 0. The molecule has 3 heterocycles. The minimum absolute atomic E-state index is 0.179. The van der Waals surface area contributed by atoms with E-state index in [9.17, 15) is 4.79 Å². The minimum Gasteiger partial charge on any atom is -0.350 e. The van der Waals surface area contributed by atoms with Crippen LogP contribution in [0.15, 0.2) is 6.20 Å². The van der Waals surface area contributed by atoms with Gasteiger partial charge in [0.1, 0.15) is 0 Å². The molecule has 8 nitrogen and oxygen atoms in total. The number of nitrogens with one attached hydrogen (secondary N) is 3. The predicted octanol–water partition coefficient (Wildman–Crippen LogP) is 0.590. The summed E-state index contributed by atoms with van der Waals surface area (Å²) in [6.45, 7) is 7.41. The molecular formula is C16H25N7O. The van der Waals surface area contributed by atoms with Gasteiger partial charge in [0, 0.05) is 18.8 Å². The summed E-state index contributed by atoms with van der Waals surface area (Å²) >= 11 is 0. The van der Waals surface area contributed by atoms with E-state index in [1.807, 2.05) is 13.8 Å². The van der Waals surface area contributed by atoms with Crippen LogP contribution in [0.4, 0.5) is 0 Å². The summed E-state index contributed by atoms with van der Waals surface area (Å²) in [5, 5.41) is 21.5. The maximum absolute atomic E-state index is 12.2. The highest BCUT2D eigenvalue weighted by Crippen LogP contribution is 2.12.